The van der Waals surface area contributed by atoms with Crippen LogP contribution in [0.15, 0.2) is 0 Å². The summed E-state index contributed by atoms with van der Waals surface area (Å²) in [6, 6.07) is 0.0396. The minimum Gasteiger partial charge on any atom is -0.349 e. The van der Waals surface area contributed by atoms with Gasteiger partial charge < -0.3 is 10.6 Å². The lowest BCUT2D eigenvalue weighted by Gasteiger charge is -2.43. The number of hydrogen-bond acceptors (Lipinski definition) is 2. The summed E-state index contributed by atoms with van der Waals surface area (Å²) in [7, 11) is 0. The largest absolute Gasteiger partial charge is 0.349 e. The Kier molecular flexibility index (Phi) is 3.53. The number of rotatable bonds is 3. The summed E-state index contributed by atoms with van der Waals surface area (Å²) in [5.74, 6) is 0.705. The summed E-state index contributed by atoms with van der Waals surface area (Å²) < 4.78 is 0. The van der Waals surface area contributed by atoms with Crippen LogP contribution in [0, 0.1) is 5.92 Å². The van der Waals surface area contributed by atoms with Gasteiger partial charge in [0, 0.05) is 5.54 Å². The van der Waals surface area contributed by atoms with Crippen molar-refractivity contribution in [3.63, 3.8) is 0 Å². The first kappa shape index (κ1) is 11.9. The summed E-state index contributed by atoms with van der Waals surface area (Å²) >= 11 is 0. The van der Waals surface area contributed by atoms with Crippen molar-refractivity contribution in [2.24, 2.45) is 5.92 Å². The minimum absolute atomic E-state index is 0.0396. The number of piperidine rings is 1. The van der Waals surface area contributed by atoms with Crippen LogP contribution >= 0.6 is 0 Å². The molecule has 0 radical (unpaired) electrons. The van der Waals surface area contributed by atoms with E-state index in [9.17, 15) is 4.79 Å². The third kappa shape index (κ3) is 2.24. The van der Waals surface area contributed by atoms with Gasteiger partial charge in [0.1, 0.15) is 0 Å². The van der Waals surface area contributed by atoms with Gasteiger partial charge in [0.25, 0.3) is 0 Å². The van der Waals surface area contributed by atoms with Gasteiger partial charge in [-0.25, -0.2) is 0 Å². The second-order valence-electron chi connectivity index (χ2n) is 5.53. The van der Waals surface area contributed by atoms with E-state index in [1.165, 1.54) is 19.3 Å². The Hall–Kier alpha value is -0.570. The van der Waals surface area contributed by atoms with Crippen LogP contribution in [0.3, 0.4) is 0 Å². The minimum atomic E-state index is 0.0396. The van der Waals surface area contributed by atoms with E-state index in [0.717, 1.165) is 25.8 Å². The van der Waals surface area contributed by atoms with E-state index in [1.54, 1.807) is 0 Å². The molecule has 1 saturated heterocycles. The van der Waals surface area contributed by atoms with Crippen LogP contribution in [-0.4, -0.2) is 24.0 Å². The van der Waals surface area contributed by atoms with Crippen molar-refractivity contribution < 1.29 is 4.79 Å². The molecule has 0 aromatic carbocycles. The Morgan fingerprint density at radius 1 is 1.44 bits per heavy atom. The van der Waals surface area contributed by atoms with Gasteiger partial charge in [0.15, 0.2) is 0 Å². The Morgan fingerprint density at radius 2 is 2.19 bits per heavy atom. The standard InChI is InChI=1S/C13H24N2O/c1-3-13(7-5-8-13)15-12(16)11-10(2)6-4-9-14-11/h10-11,14H,3-9H2,1-2H3,(H,15,16). The van der Waals surface area contributed by atoms with Crippen LogP contribution in [0.5, 0.6) is 0 Å². The first-order valence-corrected chi connectivity index (χ1v) is 6.72. The van der Waals surface area contributed by atoms with Crippen LogP contribution in [0.25, 0.3) is 0 Å². The fraction of sp³-hybridized carbons (Fsp3) is 0.923. The van der Waals surface area contributed by atoms with E-state index < -0.39 is 0 Å². The lowest BCUT2D eigenvalue weighted by atomic mass is 9.74. The van der Waals surface area contributed by atoms with E-state index in [4.69, 9.17) is 0 Å². The van der Waals surface area contributed by atoms with Gasteiger partial charge in [-0.3, -0.25) is 4.79 Å². The molecule has 2 atom stereocenters. The predicted molar refractivity (Wildman–Crippen MR) is 65.2 cm³/mol. The van der Waals surface area contributed by atoms with Crippen molar-refractivity contribution >= 4 is 5.91 Å². The molecule has 0 spiro atoms. The van der Waals surface area contributed by atoms with Crippen LogP contribution in [0.2, 0.25) is 0 Å². The van der Waals surface area contributed by atoms with E-state index in [-0.39, 0.29) is 17.5 Å². The molecule has 1 aliphatic carbocycles. The monoisotopic (exact) mass is 224 g/mol. The molecule has 0 bridgehead atoms. The summed E-state index contributed by atoms with van der Waals surface area (Å²) in [6.07, 6.45) is 7.03. The number of carbonyl (C=O) groups excluding carboxylic acids is 1. The molecule has 2 fully saturated rings. The fourth-order valence-corrected chi connectivity index (χ4v) is 2.91. The maximum absolute atomic E-state index is 12.2. The summed E-state index contributed by atoms with van der Waals surface area (Å²) in [5.41, 5.74) is 0.135. The fourth-order valence-electron chi connectivity index (χ4n) is 2.91. The third-order valence-electron chi connectivity index (χ3n) is 4.43. The molecule has 3 heteroatoms. The molecule has 16 heavy (non-hydrogen) atoms. The quantitative estimate of drug-likeness (QED) is 0.768. The lowest BCUT2D eigenvalue weighted by Crippen LogP contribution is -2.60. The van der Waals surface area contributed by atoms with E-state index >= 15 is 0 Å². The number of amides is 1. The van der Waals surface area contributed by atoms with Crippen LogP contribution < -0.4 is 10.6 Å². The Balaban J connectivity index is 1.91. The van der Waals surface area contributed by atoms with Gasteiger partial charge in [-0.2, -0.15) is 0 Å². The van der Waals surface area contributed by atoms with Crippen molar-refractivity contribution in [2.75, 3.05) is 6.54 Å². The molecule has 1 amide bonds. The first-order valence-electron chi connectivity index (χ1n) is 6.72. The molecule has 0 aromatic rings. The van der Waals surface area contributed by atoms with Crippen molar-refractivity contribution in [3.8, 4) is 0 Å². The zero-order valence-electron chi connectivity index (χ0n) is 10.5. The zero-order valence-corrected chi connectivity index (χ0v) is 10.5. The number of carbonyl (C=O) groups is 1. The highest BCUT2D eigenvalue weighted by Gasteiger charge is 2.39. The number of hydrogen-bond donors (Lipinski definition) is 2. The highest BCUT2D eigenvalue weighted by atomic mass is 16.2. The Morgan fingerprint density at radius 3 is 2.69 bits per heavy atom. The molecule has 2 aliphatic rings. The third-order valence-corrected chi connectivity index (χ3v) is 4.43. The van der Waals surface area contributed by atoms with Gasteiger partial charge in [-0.05, 0) is 51.0 Å². The summed E-state index contributed by atoms with van der Waals surface area (Å²) in [6.45, 7) is 5.34. The molecule has 92 valence electrons. The van der Waals surface area contributed by atoms with Crippen molar-refractivity contribution in [1.29, 1.82) is 0 Å². The Bertz CT molecular complexity index is 255. The summed E-state index contributed by atoms with van der Waals surface area (Å²) in [4.78, 5) is 12.2. The van der Waals surface area contributed by atoms with Crippen molar-refractivity contribution in [1.82, 2.24) is 10.6 Å². The van der Waals surface area contributed by atoms with E-state index in [1.807, 2.05) is 0 Å². The molecule has 1 heterocycles. The normalized spacial score (nSPS) is 32.9. The maximum Gasteiger partial charge on any atom is 0.237 e. The molecule has 1 aliphatic heterocycles. The van der Waals surface area contributed by atoms with E-state index in [2.05, 4.69) is 24.5 Å². The predicted octanol–water partition coefficient (Wildman–Crippen LogP) is 1.82. The second-order valence-corrected chi connectivity index (χ2v) is 5.53. The lowest BCUT2D eigenvalue weighted by molar-refractivity contribution is -0.128. The van der Waals surface area contributed by atoms with Crippen LogP contribution in [0.1, 0.15) is 52.4 Å². The molecule has 2 unspecified atom stereocenters. The average molecular weight is 224 g/mol. The summed E-state index contributed by atoms with van der Waals surface area (Å²) in [5, 5.41) is 6.63. The zero-order chi connectivity index (χ0) is 11.6. The van der Waals surface area contributed by atoms with Crippen molar-refractivity contribution in [2.45, 2.75) is 64.0 Å². The van der Waals surface area contributed by atoms with Crippen molar-refractivity contribution in [3.05, 3.63) is 0 Å². The number of nitrogens with one attached hydrogen (secondary N) is 2. The van der Waals surface area contributed by atoms with Gasteiger partial charge >= 0.3 is 0 Å². The van der Waals surface area contributed by atoms with Gasteiger partial charge in [-0.1, -0.05) is 13.8 Å². The highest BCUT2D eigenvalue weighted by Crippen LogP contribution is 2.34. The molecule has 1 saturated carbocycles. The van der Waals surface area contributed by atoms with Crippen LogP contribution in [0.4, 0.5) is 0 Å². The van der Waals surface area contributed by atoms with Gasteiger partial charge in [0.05, 0.1) is 6.04 Å². The molecule has 2 N–H and O–H groups in total. The van der Waals surface area contributed by atoms with Gasteiger partial charge in [-0.15, -0.1) is 0 Å². The second kappa shape index (κ2) is 4.74. The SMILES string of the molecule is CCC1(NC(=O)C2NCCCC2C)CCC1. The topological polar surface area (TPSA) is 41.1 Å². The Labute approximate surface area is 98.4 Å². The molecule has 3 nitrogen and oxygen atoms in total. The molecule has 0 aromatic heterocycles. The molecular weight excluding hydrogens is 200 g/mol. The molecular formula is C13H24N2O. The molecule has 2 rings (SSSR count). The first-order chi connectivity index (χ1) is 7.67. The van der Waals surface area contributed by atoms with Gasteiger partial charge in [0.2, 0.25) is 5.91 Å². The smallest absolute Gasteiger partial charge is 0.237 e. The average Bonchev–Trinajstić information content (AvgIpc) is 2.24. The maximum atomic E-state index is 12.2. The van der Waals surface area contributed by atoms with E-state index in [0.29, 0.717) is 5.92 Å². The highest BCUT2D eigenvalue weighted by molar-refractivity contribution is 5.83. The van der Waals surface area contributed by atoms with Crippen LogP contribution in [-0.2, 0) is 4.79 Å².